The van der Waals surface area contributed by atoms with E-state index in [0.717, 1.165) is 5.56 Å². The minimum Gasteiger partial charge on any atom is -0.349 e. The lowest BCUT2D eigenvalue weighted by molar-refractivity contribution is -0.143. The number of hydrogen-bond acceptors (Lipinski definition) is 3. The average molecular weight is 373 g/mol. The second-order valence-corrected chi connectivity index (χ2v) is 6.69. The molecule has 1 aliphatic rings. The molecular formula is C20H21F2N3O2. The van der Waals surface area contributed by atoms with Gasteiger partial charge in [-0.1, -0.05) is 18.2 Å². The molecule has 1 unspecified atom stereocenters. The van der Waals surface area contributed by atoms with Gasteiger partial charge in [0.05, 0.1) is 13.0 Å². The Balaban J connectivity index is 1.60. The number of piperidine rings is 1. The van der Waals surface area contributed by atoms with E-state index < -0.39 is 17.4 Å². The van der Waals surface area contributed by atoms with Gasteiger partial charge < -0.3 is 10.2 Å². The zero-order chi connectivity index (χ0) is 19.3. The SMILES string of the molecule is O=C(Cc1ccccc1F)N1CCCC(F)(C(=O)NCc2ccncc2)C1. The molecule has 0 radical (unpaired) electrons. The lowest BCUT2D eigenvalue weighted by Gasteiger charge is -2.36. The van der Waals surface area contributed by atoms with Gasteiger partial charge in [0.2, 0.25) is 11.6 Å². The molecule has 1 saturated heterocycles. The number of nitrogens with zero attached hydrogens (tertiary/aromatic N) is 2. The highest BCUT2D eigenvalue weighted by Gasteiger charge is 2.43. The number of halogens is 2. The summed E-state index contributed by atoms with van der Waals surface area (Å²) in [5.41, 5.74) is -1.07. The molecule has 2 aromatic rings. The first-order valence-corrected chi connectivity index (χ1v) is 8.85. The molecule has 1 fully saturated rings. The number of nitrogens with one attached hydrogen (secondary N) is 1. The van der Waals surface area contributed by atoms with E-state index in [1.54, 1.807) is 36.7 Å². The molecule has 1 aliphatic heterocycles. The summed E-state index contributed by atoms with van der Waals surface area (Å²) in [6.07, 6.45) is 3.47. The van der Waals surface area contributed by atoms with Crippen LogP contribution < -0.4 is 5.32 Å². The molecule has 1 aromatic carbocycles. The number of hydrogen-bond donors (Lipinski definition) is 1. The topological polar surface area (TPSA) is 62.3 Å². The molecule has 0 spiro atoms. The van der Waals surface area contributed by atoms with Crippen molar-refractivity contribution in [2.24, 2.45) is 0 Å². The van der Waals surface area contributed by atoms with Crippen LogP contribution in [0.4, 0.5) is 8.78 Å². The molecule has 3 rings (SSSR count). The molecule has 142 valence electrons. The van der Waals surface area contributed by atoms with E-state index in [9.17, 15) is 14.0 Å². The Morgan fingerprint density at radius 3 is 2.67 bits per heavy atom. The zero-order valence-corrected chi connectivity index (χ0v) is 14.8. The Morgan fingerprint density at radius 1 is 1.19 bits per heavy atom. The Kier molecular flexibility index (Phi) is 5.78. The molecule has 2 amide bonds. The van der Waals surface area contributed by atoms with Crippen molar-refractivity contribution in [2.75, 3.05) is 13.1 Å². The monoisotopic (exact) mass is 373 g/mol. The molecule has 0 saturated carbocycles. The maximum absolute atomic E-state index is 15.2. The fraction of sp³-hybridized carbons (Fsp3) is 0.350. The first-order chi connectivity index (χ1) is 13.0. The van der Waals surface area contributed by atoms with Crippen LogP contribution in [0.25, 0.3) is 0 Å². The number of amides is 2. The number of alkyl halides is 1. The summed E-state index contributed by atoms with van der Waals surface area (Å²) in [7, 11) is 0. The second kappa shape index (κ2) is 8.24. The summed E-state index contributed by atoms with van der Waals surface area (Å²) in [6, 6.07) is 9.47. The highest BCUT2D eigenvalue weighted by molar-refractivity contribution is 5.87. The van der Waals surface area contributed by atoms with Crippen molar-refractivity contribution < 1.29 is 18.4 Å². The van der Waals surface area contributed by atoms with E-state index in [0.29, 0.717) is 13.0 Å². The third kappa shape index (κ3) is 4.67. The van der Waals surface area contributed by atoms with Crippen molar-refractivity contribution in [3.63, 3.8) is 0 Å². The van der Waals surface area contributed by atoms with Crippen LogP contribution in [0.3, 0.4) is 0 Å². The van der Waals surface area contributed by atoms with Gasteiger partial charge in [0.25, 0.3) is 5.91 Å². The summed E-state index contributed by atoms with van der Waals surface area (Å²) in [5.74, 6) is -1.59. The maximum Gasteiger partial charge on any atom is 0.259 e. The van der Waals surface area contributed by atoms with Gasteiger partial charge in [-0.2, -0.15) is 0 Å². The van der Waals surface area contributed by atoms with Gasteiger partial charge in [0, 0.05) is 25.5 Å². The summed E-state index contributed by atoms with van der Waals surface area (Å²) in [4.78, 5) is 30.0. The van der Waals surface area contributed by atoms with E-state index in [1.807, 2.05) is 0 Å². The number of likely N-dealkylation sites (tertiary alicyclic amines) is 1. The fourth-order valence-corrected chi connectivity index (χ4v) is 3.17. The van der Waals surface area contributed by atoms with Crippen LogP contribution in [-0.4, -0.2) is 40.5 Å². The molecule has 2 heterocycles. The van der Waals surface area contributed by atoms with Gasteiger partial charge in [-0.15, -0.1) is 0 Å². The zero-order valence-electron chi connectivity index (χ0n) is 14.8. The van der Waals surface area contributed by atoms with Crippen LogP contribution >= 0.6 is 0 Å². The van der Waals surface area contributed by atoms with E-state index in [4.69, 9.17) is 0 Å². The van der Waals surface area contributed by atoms with Crippen molar-refractivity contribution in [1.29, 1.82) is 0 Å². The Hall–Kier alpha value is -2.83. The summed E-state index contributed by atoms with van der Waals surface area (Å²) in [5, 5.41) is 2.59. The molecule has 1 aromatic heterocycles. The number of carbonyl (C=O) groups is 2. The van der Waals surface area contributed by atoms with Gasteiger partial charge >= 0.3 is 0 Å². The summed E-state index contributed by atoms with van der Waals surface area (Å²) >= 11 is 0. The third-order valence-electron chi connectivity index (χ3n) is 4.70. The van der Waals surface area contributed by atoms with Crippen LogP contribution in [0, 0.1) is 5.82 Å². The van der Waals surface area contributed by atoms with Gasteiger partial charge in [0.1, 0.15) is 5.82 Å². The number of rotatable bonds is 5. The van der Waals surface area contributed by atoms with Crippen molar-refractivity contribution in [2.45, 2.75) is 31.5 Å². The molecule has 7 heteroatoms. The normalized spacial score (nSPS) is 19.6. The first-order valence-electron chi connectivity index (χ1n) is 8.85. The molecule has 0 bridgehead atoms. The van der Waals surface area contributed by atoms with Crippen molar-refractivity contribution >= 4 is 11.8 Å². The van der Waals surface area contributed by atoms with Crippen LogP contribution in [0.15, 0.2) is 48.8 Å². The van der Waals surface area contributed by atoms with Crippen molar-refractivity contribution in [3.05, 3.63) is 65.7 Å². The fourth-order valence-electron chi connectivity index (χ4n) is 3.17. The minimum atomic E-state index is -2.14. The number of pyridine rings is 1. The van der Waals surface area contributed by atoms with Gasteiger partial charge in [-0.05, 0) is 42.2 Å². The number of carbonyl (C=O) groups excluding carboxylic acids is 2. The summed E-state index contributed by atoms with van der Waals surface area (Å²) in [6.45, 7) is 0.231. The molecule has 0 aliphatic carbocycles. The van der Waals surface area contributed by atoms with Crippen molar-refractivity contribution in [3.8, 4) is 0 Å². The Labute approximate surface area is 156 Å². The molecule has 27 heavy (non-hydrogen) atoms. The van der Waals surface area contributed by atoms with Gasteiger partial charge in [0.15, 0.2) is 0 Å². The second-order valence-electron chi connectivity index (χ2n) is 6.69. The van der Waals surface area contributed by atoms with Crippen LogP contribution in [0.5, 0.6) is 0 Å². The minimum absolute atomic E-state index is 0.0542. The highest BCUT2D eigenvalue weighted by Crippen LogP contribution is 2.26. The van der Waals surface area contributed by atoms with E-state index in [2.05, 4.69) is 10.3 Å². The smallest absolute Gasteiger partial charge is 0.259 e. The van der Waals surface area contributed by atoms with Crippen LogP contribution in [0.1, 0.15) is 24.0 Å². The first kappa shape index (κ1) is 18.9. The van der Waals surface area contributed by atoms with Crippen LogP contribution in [0.2, 0.25) is 0 Å². The predicted octanol–water partition coefficient (Wildman–Crippen LogP) is 2.41. The van der Waals surface area contributed by atoms with E-state index >= 15 is 4.39 Å². The molecule has 1 atom stereocenters. The standard InChI is InChI=1S/C20H21F2N3O2/c21-17-5-2-1-4-16(17)12-18(26)25-11-3-8-20(22,14-25)19(27)24-13-15-6-9-23-10-7-15/h1-2,4-7,9-10H,3,8,11-14H2,(H,24,27). The Bertz CT molecular complexity index is 816. The maximum atomic E-state index is 15.2. The lowest BCUT2D eigenvalue weighted by Crippen LogP contribution is -2.55. The highest BCUT2D eigenvalue weighted by atomic mass is 19.1. The molecule has 5 nitrogen and oxygen atoms in total. The van der Waals surface area contributed by atoms with Gasteiger partial charge in [-0.25, -0.2) is 8.78 Å². The predicted molar refractivity (Wildman–Crippen MR) is 95.8 cm³/mol. The van der Waals surface area contributed by atoms with E-state index in [1.165, 1.54) is 17.0 Å². The lowest BCUT2D eigenvalue weighted by atomic mass is 9.93. The van der Waals surface area contributed by atoms with E-state index in [-0.39, 0.29) is 37.4 Å². The third-order valence-corrected chi connectivity index (χ3v) is 4.70. The van der Waals surface area contributed by atoms with Crippen molar-refractivity contribution in [1.82, 2.24) is 15.2 Å². The summed E-state index contributed by atoms with van der Waals surface area (Å²) < 4.78 is 29.0. The van der Waals surface area contributed by atoms with Crippen LogP contribution in [-0.2, 0) is 22.6 Å². The quantitative estimate of drug-likeness (QED) is 0.876. The molecular weight excluding hydrogens is 352 g/mol. The molecule has 1 N–H and O–H groups in total. The largest absolute Gasteiger partial charge is 0.349 e. The van der Waals surface area contributed by atoms with Gasteiger partial charge in [-0.3, -0.25) is 14.6 Å². The average Bonchev–Trinajstić information content (AvgIpc) is 2.68. The number of benzene rings is 1. The Morgan fingerprint density at radius 2 is 1.93 bits per heavy atom. The number of aromatic nitrogens is 1.